The quantitative estimate of drug-likeness (QED) is 0.419. The molecule has 0 saturated heterocycles. The number of rotatable bonds is 9. The van der Waals surface area contributed by atoms with E-state index in [0.29, 0.717) is 6.54 Å². The van der Waals surface area contributed by atoms with Crippen LogP contribution in [0.1, 0.15) is 38.1 Å². The highest BCUT2D eigenvalue weighted by Crippen LogP contribution is 2.22. The van der Waals surface area contributed by atoms with Crippen LogP contribution >= 0.6 is 24.0 Å². The van der Waals surface area contributed by atoms with E-state index >= 15 is 0 Å². The fourth-order valence-corrected chi connectivity index (χ4v) is 2.60. The number of nitro benzene ring substituents is 1. The predicted octanol–water partition coefficient (Wildman–Crippen LogP) is 2.54. The maximum absolute atomic E-state index is 12.4. The Kier molecular flexibility index (Phi) is 10.9. The fourth-order valence-electron chi connectivity index (χ4n) is 2.34. The third kappa shape index (κ3) is 7.70. The van der Waals surface area contributed by atoms with Crippen LogP contribution in [0, 0.1) is 16.0 Å². The zero-order chi connectivity index (χ0) is 19.9. The van der Waals surface area contributed by atoms with Gasteiger partial charge < -0.3 is 16.0 Å². The smallest absolute Gasteiger partial charge is 0.270 e. The first-order valence-corrected chi connectivity index (χ1v) is 8.81. The van der Waals surface area contributed by atoms with Crippen molar-refractivity contribution in [3.8, 4) is 0 Å². The summed E-state index contributed by atoms with van der Waals surface area (Å²) in [6.07, 6.45) is 0. The van der Waals surface area contributed by atoms with Gasteiger partial charge in [0.05, 0.1) is 15.5 Å². The molecular weight excluding hydrogens is 395 g/mol. The molecule has 0 heterocycles. The molecule has 1 aromatic carbocycles. The van der Waals surface area contributed by atoms with Gasteiger partial charge in [-0.3, -0.25) is 19.7 Å². The lowest BCUT2D eigenvalue weighted by Gasteiger charge is -2.23. The molecule has 2 amide bonds. The number of nitro groups is 1. The van der Waals surface area contributed by atoms with E-state index in [1.165, 1.54) is 12.1 Å². The van der Waals surface area contributed by atoms with Crippen LogP contribution < -0.4 is 16.0 Å². The molecule has 152 valence electrons. The SMILES string of the molecule is CCN[C@H](C)CNC(=O)C(NC(=O)c1ccc([N+](=O)[O-])cc1Cl)C(C)C.Cl. The van der Waals surface area contributed by atoms with Gasteiger partial charge in [0.1, 0.15) is 6.04 Å². The third-order valence-corrected chi connectivity index (χ3v) is 4.09. The first kappa shape index (κ1) is 25.1. The van der Waals surface area contributed by atoms with Crippen LogP contribution in [0.15, 0.2) is 18.2 Å². The van der Waals surface area contributed by atoms with E-state index in [1.54, 1.807) is 0 Å². The minimum Gasteiger partial charge on any atom is -0.353 e. The molecule has 27 heavy (non-hydrogen) atoms. The van der Waals surface area contributed by atoms with Gasteiger partial charge in [0.25, 0.3) is 11.6 Å². The maximum Gasteiger partial charge on any atom is 0.270 e. The molecule has 0 aliphatic carbocycles. The summed E-state index contributed by atoms with van der Waals surface area (Å²) in [5.41, 5.74) is -0.126. The fraction of sp³-hybridized carbons (Fsp3) is 0.529. The van der Waals surface area contributed by atoms with Crippen LogP contribution in [0.3, 0.4) is 0 Å². The van der Waals surface area contributed by atoms with Gasteiger partial charge in [-0.05, 0) is 25.5 Å². The Hall–Kier alpha value is -1.90. The highest BCUT2D eigenvalue weighted by molar-refractivity contribution is 6.34. The average Bonchev–Trinajstić information content (AvgIpc) is 2.57. The van der Waals surface area contributed by atoms with Gasteiger partial charge in [-0.15, -0.1) is 12.4 Å². The minimum atomic E-state index is -0.748. The zero-order valence-corrected chi connectivity index (χ0v) is 17.3. The van der Waals surface area contributed by atoms with Crippen molar-refractivity contribution in [1.82, 2.24) is 16.0 Å². The minimum absolute atomic E-state index is 0. The molecule has 8 nitrogen and oxygen atoms in total. The molecular formula is C17H26Cl2N4O4. The van der Waals surface area contributed by atoms with Crippen molar-refractivity contribution in [3.05, 3.63) is 38.9 Å². The van der Waals surface area contributed by atoms with Crippen molar-refractivity contribution >= 4 is 41.5 Å². The van der Waals surface area contributed by atoms with E-state index in [-0.39, 0.29) is 46.5 Å². The van der Waals surface area contributed by atoms with Gasteiger partial charge in [0.2, 0.25) is 5.91 Å². The Morgan fingerprint density at radius 3 is 2.37 bits per heavy atom. The van der Waals surface area contributed by atoms with Crippen molar-refractivity contribution < 1.29 is 14.5 Å². The Bertz CT molecular complexity index is 670. The Morgan fingerprint density at radius 2 is 1.89 bits per heavy atom. The van der Waals surface area contributed by atoms with Crippen molar-refractivity contribution in [2.45, 2.75) is 39.8 Å². The molecule has 0 spiro atoms. The second kappa shape index (κ2) is 11.7. The number of hydrogen-bond acceptors (Lipinski definition) is 5. The lowest BCUT2D eigenvalue weighted by atomic mass is 10.0. The standard InChI is InChI=1S/C17H25ClN4O4.ClH/c1-5-19-11(4)9-20-17(24)15(10(2)3)21-16(23)13-7-6-12(22(25)26)8-14(13)18;/h6-8,10-11,15,19H,5,9H2,1-4H3,(H,20,24)(H,21,23);1H/t11-,15?;/m1./s1. The summed E-state index contributed by atoms with van der Waals surface area (Å²) in [4.78, 5) is 35.0. The van der Waals surface area contributed by atoms with Gasteiger partial charge >= 0.3 is 0 Å². The van der Waals surface area contributed by atoms with Crippen LogP contribution in [0.5, 0.6) is 0 Å². The van der Waals surface area contributed by atoms with Crippen LogP contribution in [-0.2, 0) is 4.79 Å². The van der Waals surface area contributed by atoms with E-state index in [1.807, 2.05) is 27.7 Å². The van der Waals surface area contributed by atoms with Crippen LogP contribution in [-0.4, -0.2) is 41.9 Å². The summed E-state index contributed by atoms with van der Waals surface area (Å²) in [6.45, 7) is 8.78. The summed E-state index contributed by atoms with van der Waals surface area (Å²) in [5, 5.41) is 19.4. The van der Waals surface area contributed by atoms with Gasteiger partial charge in [0.15, 0.2) is 0 Å². The molecule has 1 unspecified atom stereocenters. The molecule has 1 rings (SSSR count). The Morgan fingerprint density at radius 1 is 1.26 bits per heavy atom. The van der Waals surface area contributed by atoms with E-state index in [4.69, 9.17) is 11.6 Å². The molecule has 10 heteroatoms. The second-order valence-corrected chi connectivity index (χ2v) is 6.73. The molecule has 0 fully saturated rings. The van der Waals surface area contributed by atoms with Gasteiger partial charge in [-0.2, -0.15) is 0 Å². The molecule has 2 atom stereocenters. The first-order valence-electron chi connectivity index (χ1n) is 8.43. The summed E-state index contributed by atoms with van der Waals surface area (Å²) in [7, 11) is 0. The Balaban J connectivity index is 0.00000676. The normalized spacial score (nSPS) is 12.7. The largest absolute Gasteiger partial charge is 0.353 e. The van der Waals surface area contributed by atoms with E-state index in [2.05, 4.69) is 16.0 Å². The first-order chi connectivity index (χ1) is 12.2. The molecule has 0 saturated carbocycles. The summed E-state index contributed by atoms with van der Waals surface area (Å²) in [6, 6.07) is 2.94. The maximum atomic E-state index is 12.4. The van der Waals surface area contributed by atoms with Gasteiger partial charge in [0, 0.05) is 24.7 Å². The van der Waals surface area contributed by atoms with Crippen molar-refractivity contribution in [2.75, 3.05) is 13.1 Å². The highest BCUT2D eigenvalue weighted by Gasteiger charge is 2.26. The molecule has 1 aromatic rings. The summed E-state index contributed by atoms with van der Waals surface area (Å²) < 4.78 is 0. The molecule has 3 N–H and O–H groups in total. The molecule has 0 aliphatic heterocycles. The lowest BCUT2D eigenvalue weighted by molar-refractivity contribution is -0.384. The molecule has 0 aromatic heterocycles. The lowest BCUT2D eigenvalue weighted by Crippen LogP contribution is -2.51. The van der Waals surface area contributed by atoms with Crippen LogP contribution in [0.4, 0.5) is 5.69 Å². The van der Waals surface area contributed by atoms with E-state index < -0.39 is 16.9 Å². The van der Waals surface area contributed by atoms with Crippen molar-refractivity contribution in [1.29, 1.82) is 0 Å². The number of likely N-dealkylation sites (N-methyl/N-ethyl adjacent to an activating group) is 1. The number of benzene rings is 1. The average molecular weight is 421 g/mol. The number of amides is 2. The number of nitrogens with one attached hydrogen (secondary N) is 3. The van der Waals surface area contributed by atoms with E-state index in [9.17, 15) is 19.7 Å². The number of carbonyl (C=O) groups excluding carboxylic acids is 2. The number of hydrogen-bond donors (Lipinski definition) is 3. The topological polar surface area (TPSA) is 113 Å². The third-order valence-electron chi connectivity index (χ3n) is 3.78. The Labute approximate surface area is 170 Å². The predicted molar refractivity (Wildman–Crippen MR) is 108 cm³/mol. The molecule has 0 bridgehead atoms. The van der Waals surface area contributed by atoms with Crippen LogP contribution in [0.2, 0.25) is 5.02 Å². The van der Waals surface area contributed by atoms with Crippen molar-refractivity contribution in [3.63, 3.8) is 0 Å². The number of carbonyl (C=O) groups is 2. The van der Waals surface area contributed by atoms with Crippen molar-refractivity contribution in [2.24, 2.45) is 5.92 Å². The zero-order valence-electron chi connectivity index (χ0n) is 15.7. The van der Waals surface area contributed by atoms with Gasteiger partial charge in [-0.1, -0.05) is 32.4 Å². The van der Waals surface area contributed by atoms with E-state index in [0.717, 1.165) is 12.6 Å². The number of halogens is 2. The highest BCUT2D eigenvalue weighted by atomic mass is 35.5. The monoisotopic (exact) mass is 420 g/mol. The molecule has 0 radical (unpaired) electrons. The number of nitrogens with zero attached hydrogens (tertiary/aromatic N) is 1. The van der Waals surface area contributed by atoms with Gasteiger partial charge in [-0.25, -0.2) is 0 Å². The van der Waals surface area contributed by atoms with Crippen LogP contribution in [0.25, 0.3) is 0 Å². The summed E-state index contributed by atoms with van der Waals surface area (Å²) >= 11 is 5.97. The second-order valence-electron chi connectivity index (χ2n) is 6.32. The number of non-ortho nitro benzene ring substituents is 1. The summed E-state index contributed by atoms with van der Waals surface area (Å²) in [5.74, 6) is -1.00. The molecule has 0 aliphatic rings.